The largest absolute Gasteiger partial charge is 0.481 e. The number of amides is 4. The molecule has 0 aromatic heterocycles. The van der Waals surface area contributed by atoms with Gasteiger partial charge in [-0.05, 0) is 31.0 Å². The summed E-state index contributed by atoms with van der Waals surface area (Å²) in [5.74, 6) is -1.59. The number of fused-ring (bicyclic) bond motifs is 1. The predicted molar refractivity (Wildman–Crippen MR) is 93.1 cm³/mol. The monoisotopic (exact) mass is 359 g/mol. The van der Waals surface area contributed by atoms with Gasteiger partial charge in [-0.1, -0.05) is 19.3 Å². The fourth-order valence-corrected chi connectivity index (χ4v) is 3.47. The van der Waals surface area contributed by atoms with E-state index in [9.17, 15) is 19.2 Å². The maximum atomic E-state index is 12.7. The van der Waals surface area contributed by atoms with E-state index in [0.717, 1.165) is 32.1 Å². The molecule has 3 N–H and O–H groups in total. The predicted octanol–water partition coefficient (Wildman–Crippen LogP) is 2.21. The number of hydrogen-bond acceptors (Lipinski definition) is 4. The second-order valence-corrected chi connectivity index (χ2v) is 6.56. The highest BCUT2D eigenvalue weighted by Gasteiger charge is 2.40. The van der Waals surface area contributed by atoms with E-state index in [2.05, 4.69) is 10.6 Å². The second kappa shape index (κ2) is 7.55. The Morgan fingerprint density at radius 1 is 1.08 bits per heavy atom. The minimum absolute atomic E-state index is 0.00101. The number of imide groups is 1. The van der Waals surface area contributed by atoms with Gasteiger partial charge in [0.1, 0.15) is 0 Å². The van der Waals surface area contributed by atoms with Crippen molar-refractivity contribution >= 4 is 29.5 Å². The highest BCUT2D eigenvalue weighted by Crippen LogP contribution is 2.32. The van der Waals surface area contributed by atoms with Crippen LogP contribution in [-0.2, 0) is 4.79 Å². The van der Waals surface area contributed by atoms with Crippen molar-refractivity contribution in [1.82, 2.24) is 10.2 Å². The Morgan fingerprint density at radius 3 is 2.46 bits per heavy atom. The lowest BCUT2D eigenvalue weighted by Gasteiger charge is -2.29. The first-order valence-electron chi connectivity index (χ1n) is 8.76. The van der Waals surface area contributed by atoms with E-state index in [-0.39, 0.29) is 30.8 Å². The highest BCUT2D eigenvalue weighted by molar-refractivity contribution is 6.22. The van der Waals surface area contributed by atoms with Gasteiger partial charge < -0.3 is 15.7 Å². The van der Waals surface area contributed by atoms with Gasteiger partial charge >= 0.3 is 12.0 Å². The van der Waals surface area contributed by atoms with Gasteiger partial charge in [-0.15, -0.1) is 0 Å². The summed E-state index contributed by atoms with van der Waals surface area (Å²) in [7, 11) is 0. The molecule has 0 saturated heterocycles. The van der Waals surface area contributed by atoms with Crippen LogP contribution in [0.15, 0.2) is 18.2 Å². The third-order valence-electron chi connectivity index (χ3n) is 4.74. The van der Waals surface area contributed by atoms with Gasteiger partial charge in [0.15, 0.2) is 0 Å². The number of carbonyl (C=O) groups is 4. The first kappa shape index (κ1) is 17.9. The molecule has 3 rings (SSSR count). The van der Waals surface area contributed by atoms with E-state index >= 15 is 0 Å². The molecule has 138 valence electrons. The van der Waals surface area contributed by atoms with Gasteiger partial charge in [0, 0.05) is 18.3 Å². The van der Waals surface area contributed by atoms with E-state index < -0.39 is 12.0 Å². The molecule has 1 saturated carbocycles. The summed E-state index contributed by atoms with van der Waals surface area (Å²) in [4.78, 5) is 48.9. The van der Waals surface area contributed by atoms with Gasteiger partial charge in [0.25, 0.3) is 11.8 Å². The fourth-order valence-electron chi connectivity index (χ4n) is 3.47. The molecule has 4 amide bonds. The molecule has 0 bridgehead atoms. The minimum Gasteiger partial charge on any atom is -0.481 e. The fraction of sp³-hybridized carbons (Fsp3) is 0.444. The summed E-state index contributed by atoms with van der Waals surface area (Å²) < 4.78 is 0. The topological polar surface area (TPSA) is 116 Å². The smallest absolute Gasteiger partial charge is 0.319 e. The van der Waals surface area contributed by atoms with Crippen molar-refractivity contribution in [3.63, 3.8) is 0 Å². The molecular formula is C18H21N3O5. The van der Waals surface area contributed by atoms with Crippen molar-refractivity contribution in [1.29, 1.82) is 0 Å². The van der Waals surface area contributed by atoms with E-state index in [0.29, 0.717) is 16.8 Å². The van der Waals surface area contributed by atoms with Crippen LogP contribution in [0.25, 0.3) is 0 Å². The Labute approximate surface area is 150 Å². The molecule has 8 nitrogen and oxygen atoms in total. The summed E-state index contributed by atoms with van der Waals surface area (Å²) in [6.45, 7) is -0.00101. The molecule has 1 aliphatic heterocycles. The van der Waals surface area contributed by atoms with Crippen LogP contribution < -0.4 is 10.6 Å². The first-order chi connectivity index (χ1) is 12.5. The standard InChI is InChI=1S/C18H21N3O5/c22-15(23)8-9-19-18(26)20-11-6-7-13-14(10-11)17(25)21(16(13)24)12-4-2-1-3-5-12/h6-7,10,12H,1-5,8-9H2,(H,22,23)(H2,19,20,26). The Morgan fingerprint density at radius 2 is 1.77 bits per heavy atom. The lowest BCUT2D eigenvalue weighted by atomic mass is 9.94. The molecule has 26 heavy (non-hydrogen) atoms. The molecule has 0 atom stereocenters. The number of aliphatic carboxylic acids is 1. The molecule has 1 fully saturated rings. The number of carbonyl (C=O) groups excluding carboxylic acids is 3. The number of benzene rings is 1. The molecule has 8 heteroatoms. The average Bonchev–Trinajstić information content (AvgIpc) is 2.86. The molecule has 1 aliphatic carbocycles. The third-order valence-corrected chi connectivity index (χ3v) is 4.74. The molecule has 1 aromatic carbocycles. The summed E-state index contributed by atoms with van der Waals surface area (Å²) in [6.07, 6.45) is 4.65. The molecule has 1 aromatic rings. The number of nitrogens with one attached hydrogen (secondary N) is 2. The zero-order valence-electron chi connectivity index (χ0n) is 14.3. The van der Waals surface area contributed by atoms with E-state index in [1.165, 1.54) is 11.0 Å². The molecule has 1 heterocycles. The van der Waals surface area contributed by atoms with E-state index in [4.69, 9.17) is 5.11 Å². The van der Waals surface area contributed by atoms with Crippen molar-refractivity contribution in [2.45, 2.75) is 44.6 Å². The van der Waals surface area contributed by atoms with Gasteiger partial charge in [-0.3, -0.25) is 19.3 Å². The lowest BCUT2D eigenvalue weighted by molar-refractivity contribution is -0.136. The minimum atomic E-state index is -1.00. The third kappa shape index (κ3) is 3.68. The number of anilines is 1. The Balaban J connectivity index is 1.69. The van der Waals surface area contributed by atoms with E-state index in [1.807, 2.05) is 0 Å². The molecule has 0 radical (unpaired) electrons. The zero-order valence-corrected chi connectivity index (χ0v) is 14.3. The maximum Gasteiger partial charge on any atom is 0.319 e. The Hall–Kier alpha value is -2.90. The van der Waals surface area contributed by atoms with Crippen molar-refractivity contribution in [2.75, 3.05) is 11.9 Å². The average molecular weight is 359 g/mol. The second-order valence-electron chi connectivity index (χ2n) is 6.56. The zero-order chi connectivity index (χ0) is 18.7. The van der Waals surface area contributed by atoms with Gasteiger partial charge in [-0.25, -0.2) is 4.79 Å². The molecular weight excluding hydrogens is 338 g/mol. The van der Waals surface area contributed by atoms with Crippen molar-refractivity contribution in [3.05, 3.63) is 29.3 Å². The Bertz CT molecular complexity index is 755. The number of urea groups is 1. The Kier molecular flexibility index (Phi) is 5.20. The van der Waals surface area contributed by atoms with Crippen LogP contribution in [0, 0.1) is 0 Å². The normalized spacial score (nSPS) is 17.2. The molecule has 0 spiro atoms. The van der Waals surface area contributed by atoms with Crippen LogP contribution in [0.2, 0.25) is 0 Å². The van der Waals surface area contributed by atoms with Crippen molar-refractivity contribution in [2.24, 2.45) is 0 Å². The van der Waals surface area contributed by atoms with Crippen LogP contribution in [0.3, 0.4) is 0 Å². The lowest BCUT2D eigenvalue weighted by Crippen LogP contribution is -2.40. The summed E-state index contributed by atoms with van der Waals surface area (Å²) in [5.41, 5.74) is 1.03. The van der Waals surface area contributed by atoms with Gasteiger partial charge in [-0.2, -0.15) is 0 Å². The van der Waals surface area contributed by atoms with Crippen LogP contribution in [-0.4, -0.2) is 46.4 Å². The molecule has 2 aliphatic rings. The first-order valence-corrected chi connectivity index (χ1v) is 8.76. The van der Waals surface area contributed by atoms with Crippen molar-refractivity contribution in [3.8, 4) is 0 Å². The van der Waals surface area contributed by atoms with Crippen LogP contribution >= 0.6 is 0 Å². The SMILES string of the molecule is O=C(O)CCNC(=O)Nc1ccc2c(c1)C(=O)N(C1CCCCC1)C2=O. The summed E-state index contributed by atoms with van der Waals surface area (Å²) in [6, 6.07) is 3.99. The van der Waals surface area contributed by atoms with E-state index in [1.54, 1.807) is 12.1 Å². The number of carboxylic acid groups (broad SMARTS) is 1. The van der Waals surface area contributed by atoms with Gasteiger partial charge in [0.2, 0.25) is 0 Å². The highest BCUT2D eigenvalue weighted by atomic mass is 16.4. The van der Waals surface area contributed by atoms with Crippen LogP contribution in [0.4, 0.5) is 10.5 Å². The number of nitrogens with zero attached hydrogens (tertiary/aromatic N) is 1. The summed E-state index contributed by atoms with van der Waals surface area (Å²) in [5, 5.41) is 13.5. The van der Waals surface area contributed by atoms with Crippen LogP contribution in [0.1, 0.15) is 59.2 Å². The number of hydrogen-bond donors (Lipinski definition) is 3. The number of carboxylic acids is 1. The quantitative estimate of drug-likeness (QED) is 0.697. The maximum absolute atomic E-state index is 12.7. The molecule has 0 unspecified atom stereocenters. The van der Waals surface area contributed by atoms with Crippen molar-refractivity contribution < 1.29 is 24.3 Å². The number of rotatable bonds is 5. The summed E-state index contributed by atoms with van der Waals surface area (Å²) >= 11 is 0. The van der Waals surface area contributed by atoms with Crippen LogP contribution in [0.5, 0.6) is 0 Å². The van der Waals surface area contributed by atoms with Gasteiger partial charge in [0.05, 0.1) is 17.5 Å².